The smallest absolute Gasteiger partial charge is 0.229 e. The third-order valence-electron chi connectivity index (χ3n) is 3.68. The second-order valence-electron chi connectivity index (χ2n) is 5.34. The fourth-order valence-electron chi connectivity index (χ4n) is 2.47. The monoisotopic (exact) mass is 304 g/mol. The minimum absolute atomic E-state index is 0.577. The summed E-state index contributed by atoms with van der Waals surface area (Å²) < 4.78 is 0. The van der Waals surface area contributed by atoms with Crippen LogP contribution in [0, 0.1) is 6.92 Å². The highest BCUT2D eigenvalue weighted by Gasteiger charge is 2.06. The molecule has 0 amide bonds. The topological polar surface area (TPSA) is 49.8 Å². The van der Waals surface area contributed by atoms with E-state index in [1.807, 2.05) is 36.4 Å². The minimum atomic E-state index is 0.577. The van der Waals surface area contributed by atoms with Crippen molar-refractivity contribution in [3.05, 3.63) is 71.9 Å². The van der Waals surface area contributed by atoms with Gasteiger partial charge in [-0.05, 0) is 42.7 Å². The van der Waals surface area contributed by atoms with Crippen LogP contribution in [0.15, 0.2) is 60.8 Å². The Balaban J connectivity index is 1.83. The van der Waals surface area contributed by atoms with E-state index in [9.17, 15) is 0 Å². The predicted molar refractivity (Wildman–Crippen MR) is 95.6 cm³/mol. The molecule has 3 aromatic rings. The summed E-state index contributed by atoms with van der Waals surface area (Å²) in [6.45, 7) is 4.26. The molecule has 23 heavy (non-hydrogen) atoms. The van der Waals surface area contributed by atoms with Gasteiger partial charge in [0.1, 0.15) is 5.82 Å². The number of hydrogen-bond donors (Lipinski definition) is 2. The molecule has 0 aliphatic carbocycles. The number of para-hydroxylation sites is 2. The number of anilines is 4. The Hall–Kier alpha value is -2.88. The van der Waals surface area contributed by atoms with Crippen molar-refractivity contribution in [1.29, 1.82) is 0 Å². The van der Waals surface area contributed by atoms with Crippen molar-refractivity contribution in [2.45, 2.75) is 20.3 Å². The fourth-order valence-corrected chi connectivity index (χ4v) is 2.47. The molecule has 0 bridgehead atoms. The van der Waals surface area contributed by atoms with Crippen molar-refractivity contribution in [2.75, 3.05) is 10.6 Å². The molecule has 0 radical (unpaired) electrons. The normalized spacial score (nSPS) is 10.3. The van der Waals surface area contributed by atoms with Crippen LogP contribution in [-0.2, 0) is 6.42 Å². The van der Waals surface area contributed by atoms with Crippen molar-refractivity contribution in [1.82, 2.24) is 9.97 Å². The molecule has 4 heteroatoms. The number of nitrogens with one attached hydrogen (secondary N) is 2. The average Bonchev–Trinajstić information content (AvgIpc) is 2.58. The Morgan fingerprint density at radius 1 is 0.913 bits per heavy atom. The second-order valence-corrected chi connectivity index (χ2v) is 5.34. The van der Waals surface area contributed by atoms with Crippen molar-refractivity contribution in [3.63, 3.8) is 0 Å². The fraction of sp³-hybridized carbons (Fsp3) is 0.158. The molecule has 2 aromatic carbocycles. The highest BCUT2D eigenvalue weighted by molar-refractivity contribution is 5.65. The van der Waals surface area contributed by atoms with Crippen LogP contribution < -0.4 is 10.6 Å². The summed E-state index contributed by atoms with van der Waals surface area (Å²) in [7, 11) is 0. The van der Waals surface area contributed by atoms with Crippen LogP contribution in [0.4, 0.5) is 23.1 Å². The van der Waals surface area contributed by atoms with E-state index >= 15 is 0 Å². The van der Waals surface area contributed by atoms with Gasteiger partial charge in [-0.2, -0.15) is 4.98 Å². The Bertz CT molecular complexity index is 784. The summed E-state index contributed by atoms with van der Waals surface area (Å²) in [6.07, 6.45) is 2.73. The molecule has 0 unspecified atom stereocenters. The maximum absolute atomic E-state index is 4.55. The predicted octanol–water partition coefficient (Wildman–Crippen LogP) is 4.83. The van der Waals surface area contributed by atoms with Gasteiger partial charge in [-0.1, -0.05) is 43.3 Å². The highest BCUT2D eigenvalue weighted by atomic mass is 15.1. The summed E-state index contributed by atoms with van der Waals surface area (Å²) in [5.41, 5.74) is 4.58. The summed E-state index contributed by atoms with van der Waals surface area (Å²) in [5.74, 6) is 1.36. The summed E-state index contributed by atoms with van der Waals surface area (Å²) in [4.78, 5) is 8.83. The Kier molecular flexibility index (Phi) is 4.52. The lowest BCUT2D eigenvalue weighted by atomic mass is 10.1. The van der Waals surface area contributed by atoms with Gasteiger partial charge in [-0.25, -0.2) is 4.98 Å². The number of aromatic nitrogens is 2. The molecular formula is C19H20N4. The van der Waals surface area contributed by atoms with E-state index in [1.165, 1.54) is 11.1 Å². The first-order chi connectivity index (χ1) is 11.3. The number of hydrogen-bond acceptors (Lipinski definition) is 4. The van der Waals surface area contributed by atoms with E-state index < -0.39 is 0 Å². The largest absolute Gasteiger partial charge is 0.340 e. The molecule has 4 nitrogen and oxygen atoms in total. The van der Waals surface area contributed by atoms with Crippen molar-refractivity contribution in [3.8, 4) is 0 Å². The lowest BCUT2D eigenvalue weighted by molar-refractivity contribution is 1.12. The van der Waals surface area contributed by atoms with E-state index in [0.717, 1.165) is 23.6 Å². The van der Waals surface area contributed by atoms with Crippen LogP contribution in [0.5, 0.6) is 0 Å². The Morgan fingerprint density at radius 3 is 2.52 bits per heavy atom. The summed E-state index contributed by atoms with van der Waals surface area (Å²) in [6, 6.07) is 18.1. The zero-order valence-electron chi connectivity index (χ0n) is 13.4. The van der Waals surface area contributed by atoms with Gasteiger partial charge < -0.3 is 10.6 Å². The molecule has 0 aliphatic rings. The van der Waals surface area contributed by atoms with Crippen LogP contribution >= 0.6 is 0 Å². The van der Waals surface area contributed by atoms with Gasteiger partial charge >= 0.3 is 0 Å². The molecule has 0 aliphatic heterocycles. The molecule has 1 heterocycles. The van der Waals surface area contributed by atoms with Crippen LogP contribution in [0.3, 0.4) is 0 Å². The lowest BCUT2D eigenvalue weighted by Crippen LogP contribution is -2.03. The highest BCUT2D eigenvalue weighted by Crippen LogP contribution is 2.25. The SMILES string of the molecule is CCc1cccc(C)c1Nc1ccnc(Nc2ccccc2)n1. The molecular weight excluding hydrogens is 284 g/mol. The van der Waals surface area contributed by atoms with Gasteiger partial charge in [0, 0.05) is 17.6 Å². The zero-order valence-corrected chi connectivity index (χ0v) is 13.4. The first-order valence-electron chi connectivity index (χ1n) is 7.77. The molecule has 0 atom stereocenters. The van der Waals surface area contributed by atoms with Crippen molar-refractivity contribution in [2.24, 2.45) is 0 Å². The third kappa shape index (κ3) is 3.66. The van der Waals surface area contributed by atoms with Crippen LogP contribution in [-0.4, -0.2) is 9.97 Å². The first-order valence-corrected chi connectivity index (χ1v) is 7.77. The minimum Gasteiger partial charge on any atom is -0.340 e. The van der Waals surface area contributed by atoms with Crippen LogP contribution in [0.25, 0.3) is 0 Å². The number of aryl methyl sites for hydroxylation is 2. The number of rotatable bonds is 5. The molecule has 3 rings (SSSR count). The van der Waals surface area contributed by atoms with Crippen molar-refractivity contribution >= 4 is 23.1 Å². The van der Waals surface area contributed by atoms with Gasteiger partial charge in [0.05, 0.1) is 0 Å². The Morgan fingerprint density at radius 2 is 1.74 bits per heavy atom. The maximum atomic E-state index is 4.55. The van der Waals surface area contributed by atoms with E-state index in [2.05, 4.69) is 52.6 Å². The van der Waals surface area contributed by atoms with Crippen molar-refractivity contribution < 1.29 is 0 Å². The van der Waals surface area contributed by atoms with Gasteiger partial charge in [-0.3, -0.25) is 0 Å². The Labute approximate surface area is 136 Å². The second kappa shape index (κ2) is 6.92. The molecule has 1 aromatic heterocycles. The first kappa shape index (κ1) is 15.0. The molecule has 2 N–H and O–H groups in total. The van der Waals surface area contributed by atoms with Gasteiger partial charge in [0.15, 0.2) is 0 Å². The summed E-state index contributed by atoms with van der Waals surface area (Å²) >= 11 is 0. The van der Waals surface area contributed by atoms with Gasteiger partial charge in [0.2, 0.25) is 5.95 Å². The maximum Gasteiger partial charge on any atom is 0.229 e. The van der Waals surface area contributed by atoms with Crippen LogP contribution in [0.1, 0.15) is 18.1 Å². The van der Waals surface area contributed by atoms with E-state index in [4.69, 9.17) is 0 Å². The zero-order chi connectivity index (χ0) is 16.1. The standard InChI is InChI=1S/C19H20N4/c1-3-15-9-7-8-14(2)18(15)22-17-12-13-20-19(23-17)21-16-10-5-4-6-11-16/h4-13H,3H2,1-2H3,(H2,20,21,22,23). The van der Waals surface area contributed by atoms with E-state index in [0.29, 0.717) is 5.95 Å². The molecule has 0 fully saturated rings. The molecule has 0 spiro atoms. The van der Waals surface area contributed by atoms with Gasteiger partial charge in [-0.15, -0.1) is 0 Å². The van der Waals surface area contributed by atoms with Crippen LogP contribution in [0.2, 0.25) is 0 Å². The van der Waals surface area contributed by atoms with E-state index in [1.54, 1.807) is 6.20 Å². The molecule has 0 saturated carbocycles. The molecule has 0 saturated heterocycles. The van der Waals surface area contributed by atoms with Gasteiger partial charge in [0.25, 0.3) is 0 Å². The quantitative estimate of drug-likeness (QED) is 0.708. The lowest BCUT2D eigenvalue weighted by Gasteiger charge is -2.14. The summed E-state index contributed by atoms with van der Waals surface area (Å²) in [5, 5.41) is 6.64. The van der Waals surface area contributed by atoms with E-state index in [-0.39, 0.29) is 0 Å². The molecule has 116 valence electrons. The average molecular weight is 304 g/mol. The number of benzene rings is 2. The number of nitrogens with zero attached hydrogens (tertiary/aromatic N) is 2. The third-order valence-corrected chi connectivity index (χ3v) is 3.68.